The highest BCUT2D eigenvalue weighted by Gasteiger charge is 2.27. The summed E-state index contributed by atoms with van der Waals surface area (Å²) >= 11 is 1.48. The molecule has 8 nitrogen and oxygen atoms in total. The number of aromatic amines is 1. The van der Waals surface area contributed by atoms with Gasteiger partial charge in [-0.2, -0.15) is 4.31 Å². The van der Waals surface area contributed by atoms with Crippen LogP contribution in [0.25, 0.3) is 10.9 Å². The molecular weight excluding hydrogens is 438 g/mol. The molecule has 1 amide bonds. The number of pyridine rings is 1. The number of fused-ring (bicyclic) bond motifs is 1. The Hall–Kier alpha value is -2.66. The first-order valence-corrected chi connectivity index (χ1v) is 12.3. The second-order valence-electron chi connectivity index (χ2n) is 6.93. The summed E-state index contributed by atoms with van der Waals surface area (Å²) in [5.41, 5.74) is 0.663. The van der Waals surface area contributed by atoms with Gasteiger partial charge in [-0.05, 0) is 36.6 Å². The first-order valence-electron chi connectivity index (χ1n) is 9.59. The maximum atomic E-state index is 13.1. The van der Waals surface area contributed by atoms with Gasteiger partial charge in [0.05, 0.1) is 29.4 Å². The van der Waals surface area contributed by atoms with Gasteiger partial charge < -0.3 is 15.0 Å². The highest BCUT2D eigenvalue weighted by Crippen LogP contribution is 2.27. The third-order valence-electron chi connectivity index (χ3n) is 5.02. The highest BCUT2D eigenvalue weighted by molar-refractivity contribution is 7.98. The van der Waals surface area contributed by atoms with E-state index in [1.807, 2.05) is 18.4 Å². The van der Waals surface area contributed by atoms with Gasteiger partial charge in [-0.15, -0.1) is 11.8 Å². The number of sulfonamides is 1. The average Bonchev–Trinajstić information content (AvgIpc) is 2.79. The topological polar surface area (TPSA) is 109 Å². The Morgan fingerprint density at radius 2 is 1.87 bits per heavy atom. The molecule has 10 heteroatoms. The van der Waals surface area contributed by atoms with Crippen LogP contribution in [0, 0.1) is 0 Å². The number of H-pyrrole nitrogens is 1. The van der Waals surface area contributed by atoms with Gasteiger partial charge >= 0.3 is 0 Å². The van der Waals surface area contributed by atoms with Crippen molar-refractivity contribution in [3.63, 3.8) is 0 Å². The fourth-order valence-corrected chi connectivity index (χ4v) is 5.44. The van der Waals surface area contributed by atoms with E-state index in [9.17, 15) is 18.0 Å². The largest absolute Gasteiger partial charge is 0.379 e. The second kappa shape index (κ2) is 8.83. The number of para-hydroxylation sites is 1. The van der Waals surface area contributed by atoms with Crippen molar-refractivity contribution in [2.24, 2.45) is 0 Å². The minimum absolute atomic E-state index is 0.0625. The zero-order chi connectivity index (χ0) is 22.0. The van der Waals surface area contributed by atoms with Crippen LogP contribution in [0.3, 0.4) is 0 Å². The molecule has 1 fully saturated rings. The van der Waals surface area contributed by atoms with Crippen molar-refractivity contribution in [2.45, 2.75) is 9.79 Å². The first-order chi connectivity index (χ1) is 14.9. The van der Waals surface area contributed by atoms with Gasteiger partial charge in [0.15, 0.2) is 0 Å². The molecule has 0 atom stereocenters. The third-order valence-corrected chi connectivity index (χ3v) is 7.71. The van der Waals surface area contributed by atoms with E-state index in [1.165, 1.54) is 40.3 Å². The van der Waals surface area contributed by atoms with Crippen molar-refractivity contribution in [2.75, 3.05) is 37.9 Å². The molecule has 1 aliphatic heterocycles. The molecule has 0 aliphatic carbocycles. The summed E-state index contributed by atoms with van der Waals surface area (Å²) in [5, 5.41) is 3.18. The van der Waals surface area contributed by atoms with Gasteiger partial charge in [0, 0.05) is 35.0 Å². The zero-order valence-electron chi connectivity index (χ0n) is 16.8. The normalized spacial score (nSPS) is 15.1. The number of thioether (sulfide) groups is 1. The van der Waals surface area contributed by atoms with Crippen molar-refractivity contribution >= 4 is 44.3 Å². The Labute approximate surface area is 183 Å². The van der Waals surface area contributed by atoms with E-state index >= 15 is 0 Å². The van der Waals surface area contributed by atoms with Crippen LogP contribution in [-0.4, -0.2) is 56.2 Å². The van der Waals surface area contributed by atoms with E-state index in [2.05, 4.69) is 10.3 Å². The molecule has 1 saturated heterocycles. The van der Waals surface area contributed by atoms with E-state index in [1.54, 1.807) is 12.1 Å². The average molecular weight is 460 g/mol. The van der Waals surface area contributed by atoms with E-state index in [0.717, 1.165) is 4.90 Å². The first kappa shape index (κ1) is 21.6. The molecule has 3 aromatic rings. The quantitative estimate of drug-likeness (QED) is 0.568. The Kier molecular flexibility index (Phi) is 6.15. The lowest BCUT2D eigenvalue weighted by atomic mass is 10.1. The highest BCUT2D eigenvalue weighted by atomic mass is 32.2. The van der Waals surface area contributed by atoms with Crippen molar-refractivity contribution in [3.05, 3.63) is 64.4 Å². The summed E-state index contributed by atoms with van der Waals surface area (Å²) in [6.45, 7) is 1.21. The second-order valence-corrected chi connectivity index (χ2v) is 9.71. The number of benzene rings is 2. The lowest BCUT2D eigenvalue weighted by Gasteiger charge is -2.26. The molecule has 1 aromatic heterocycles. The molecule has 0 saturated carbocycles. The number of hydrogen-bond acceptors (Lipinski definition) is 6. The number of ether oxygens (including phenoxy) is 1. The Balaban J connectivity index is 1.77. The summed E-state index contributed by atoms with van der Waals surface area (Å²) in [6, 6.07) is 12.9. The summed E-state index contributed by atoms with van der Waals surface area (Å²) in [7, 11) is -3.75. The summed E-state index contributed by atoms with van der Waals surface area (Å²) in [6.07, 6.45) is 1.90. The third kappa shape index (κ3) is 4.38. The lowest BCUT2D eigenvalue weighted by Crippen LogP contribution is -2.40. The van der Waals surface area contributed by atoms with Gasteiger partial charge in [0.2, 0.25) is 15.6 Å². The van der Waals surface area contributed by atoms with Crippen LogP contribution in [0.2, 0.25) is 0 Å². The van der Waals surface area contributed by atoms with Crippen LogP contribution in [0.1, 0.15) is 10.4 Å². The van der Waals surface area contributed by atoms with Crippen molar-refractivity contribution in [3.8, 4) is 0 Å². The molecule has 2 heterocycles. The fraction of sp³-hybridized carbons (Fsp3) is 0.238. The number of carbonyl (C=O) groups excluding carboxylic acids is 1. The Morgan fingerprint density at radius 3 is 2.61 bits per heavy atom. The summed E-state index contributed by atoms with van der Waals surface area (Å²) in [5.74, 6) is -0.487. The number of rotatable bonds is 5. The van der Waals surface area contributed by atoms with E-state index < -0.39 is 21.5 Å². The maximum absolute atomic E-state index is 13.1. The number of nitrogens with zero attached hydrogens (tertiary/aromatic N) is 1. The minimum Gasteiger partial charge on any atom is -0.379 e. The van der Waals surface area contributed by atoms with Gasteiger partial charge in [0.1, 0.15) is 0 Å². The van der Waals surface area contributed by atoms with Gasteiger partial charge in [-0.25, -0.2) is 8.42 Å². The molecule has 2 N–H and O–H groups in total. The Morgan fingerprint density at radius 1 is 1.13 bits per heavy atom. The van der Waals surface area contributed by atoms with Gasteiger partial charge in [-0.1, -0.05) is 12.1 Å². The fourth-order valence-electron chi connectivity index (χ4n) is 3.45. The number of nitrogens with one attached hydrogen (secondary N) is 2. The van der Waals surface area contributed by atoms with E-state index in [0.29, 0.717) is 29.8 Å². The van der Waals surface area contributed by atoms with Crippen LogP contribution >= 0.6 is 11.8 Å². The van der Waals surface area contributed by atoms with Crippen LogP contribution in [0.4, 0.5) is 5.69 Å². The van der Waals surface area contributed by atoms with Crippen LogP contribution in [0.15, 0.2) is 63.1 Å². The SMILES string of the molecule is CSc1ccccc1NC(=O)c1cc(=O)[nH]c2ccc(S(=O)(=O)N3CCOCC3)cc12. The number of morpholine rings is 1. The molecule has 0 spiro atoms. The number of aromatic nitrogens is 1. The van der Waals surface area contributed by atoms with Crippen LogP contribution in [-0.2, 0) is 14.8 Å². The monoisotopic (exact) mass is 459 g/mol. The molecular formula is C21H21N3O5S2. The molecule has 31 heavy (non-hydrogen) atoms. The van der Waals surface area contributed by atoms with Crippen molar-refractivity contribution in [1.82, 2.24) is 9.29 Å². The molecule has 4 rings (SSSR count). The molecule has 2 aromatic carbocycles. The maximum Gasteiger partial charge on any atom is 0.256 e. The zero-order valence-corrected chi connectivity index (χ0v) is 18.4. The summed E-state index contributed by atoms with van der Waals surface area (Å²) in [4.78, 5) is 28.8. The number of carbonyl (C=O) groups is 1. The molecule has 162 valence electrons. The van der Waals surface area contributed by atoms with Gasteiger partial charge in [-0.3, -0.25) is 9.59 Å². The van der Waals surface area contributed by atoms with E-state index in [4.69, 9.17) is 4.74 Å². The van der Waals surface area contributed by atoms with E-state index in [-0.39, 0.29) is 23.5 Å². The van der Waals surface area contributed by atoms with Crippen LogP contribution in [0.5, 0.6) is 0 Å². The summed E-state index contributed by atoms with van der Waals surface area (Å²) < 4.78 is 32.7. The smallest absolute Gasteiger partial charge is 0.256 e. The van der Waals surface area contributed by atoms with Crippen molar-refractivity contribution < 1.29 is 17.9 Å². The molecule has 0 unspecified atom stereocenters. The minimum atomic E-state index is -3.75. The number of hydrogen-bond donors (Lipinski definition) is 2. The predicted molar refractivity (Wildman–Crippen MR) is 120 cm³/mol. The van der Waals surface area contributed by atoms with Crippen molar-refractivity contribution in [1.29, 1.82) is 0 Å². The van der Waals surface area contributed by atoms with Gasteiger partial charge in [0.25, 0.3) is 5.91 Å². The molecule has 0 bridgehead atoms. The predicted octanol–water partition coefficient (Wildman–Crippen LogP) is 2.52. The Bertz CT molecular complexity index is 1300. The molecule has 0 radical (unpaired) electrons. The number of anilines is 1. The number of amides is 1. The lowest BCUT2D eigenvalue weighted by molar-refractivity contribution is 0.0730. The standard InChI is InChI=1S/C21H21N3O5S2/c1-30-19-5-3-2-4-18(19)23-21(26)16-13-20(25)22-17-7-6-14(12-15(16)17)31(27,28)24-8-10-29-11-9-24/h2-7,12-13H,8-11H2,1H3,(H,22,25)(H,23,26). The molecule has 1 aliphatic rings. The van der Waals surface area contributed by atoms with Crippen LogP contribution < -0.4 is 10.9 Å².